The number of hydrogen-bond acceptors (Lipinski definition) is 4. The van der Waals surface area contributed by atoms with Gasteiger partial charge in [-0.25, -0.2) is 9.97 Å². The summed E-state index contributed by atoms with van der Waals surface area (Å²) < 4.78 is 53.6. The van der Waals surface area contributed by atoms with Gasteiger partial charge in [0.15, 0.2) is 0 Å². The number of hydrogen-bond donors (Lipinski definition) is 0. The van der Waals surface area contributed by atoms with Crippen molar-refractivity contribution in [2.75, 3.05) is 0 Å². The van der Waals surface area contributed by atoms with Crippen LogP contribution in [0.1, 0.15) is 58.3 Å². The third kappa shape index (κ3) is 2.61. The highest BCUT2D eigenvalue weighted by Crippen LogP contribution is 2.54. The molecule has 4 nitrogen and oxygen atoms in total. The molecule has 3 heterocycles. The molecule has 0 fully saturated rings. The highest BCUT2D eigenvalue weighted by Gasteiger charge is 2.47. The molecule has 5 aromatic rings. The minimum absolute atomic E-state index is 0.239. The van der Waals surface area contributed by atoms with Crippen LogP contribution in [0.5, 0.6) is 0 Å². The van der Waals surface area contributed by atoms with Crippen molar-refractivity contribution < 1.29 is 12.6 Å². The Morgan fingerprint density at radius 1 is 0.818 bits per heavy atom. The van der Waals surface area contributed by atoms with Crippen LogP contribution < -0.4 is 0 Å². The lowest BCUT2D eigenvalue weighted by molar-refractivity contribution is 0.291. The number of pyridine rings is 1. The Labute approximate surface area is 202 Å². The molecule has 1 aliphatic rings. The molecule has 0 amide bonds. The van der Waals surface area contributed by atoms with Crippen molar-refractivity contribution in [3.05, 3.63) is 77.5 Å². The fourth-order valence-electron chi connectivity index (χ4n) is 5.05. The predicted octanol–water partition coefficient (Wildman–Crippen LogP) is 7.29. The quantitative estimate of drug-likeness (QED) is 0.275. The zero-order chi connectivity index (χ0) is 28.1. The van der Waals surface area contributed by atoms with Gasteiger partial charge < -0.3 is 4.42 Å². The Morgan fingerprint density at radius 2 is 1.67 bits per heavy atom. The molecule has 0 radical (unpaired) electrons. The van der Waals surface area contributed by atoms with Crippen molar-refractivity contribution >= 4 is 21.9 Å². The van der Waals surface area contributed by atoms with Crippen LogP contribution >= 0.6 is 0 Å². The lowest BCUT2D eigenvalue weighted by Crippen LogP contribution is -2.44. The minimum atomic E-state index is -2.61. The van der Waals surface area contributed by atoms with Gasteiger partial charge in [0.1, 0.15) is 17.5 Å². The van der Waals surface area contributed by atoms with Crippen molar-refractivity contribution in [1.29, 1.82) is 0 Å². The largest absolute Gasteiger partial charge is 0.455 e. The molecule has 2 aromatic carbocycles. The monoisotopic (exact) mass is 439 g/mol. The lowest BCUT2D eigenvalue weighted by Gasteiger charge is -2.47. The van der Waals surface area contributed by atoms with E-state index in [4.69, 9.17) is 12.6 Å². The first-order valence-electron chi connectivity index (χ1n) is 13.9. The summed E-state index contributed by atoms with van der Waals surface area (Å²) >= 11 is 0. The first-order chi connectivity index (χ1) is 18.1. The van der Waals surface area contributed by atoms with E-state index in [9.17, 15) is 0 Å². The van der Waals surface area contributed by atoms with E-state index in [1.807, 2.05) is 24.4 Å². The third-order valence-electron chi connectivity index (χ3n) is 7.65. The molecule has 0 atom stereocenters. The molecule has 1 aliphatic carbocycles. The van der Waals surface area contributed by atoms with Gasteiger partial charge in [0.05, 0.1) is 11.4 Å². The van der Waals surface area contributed by atoms with Gasteiger partial charge in [0.25, 0.3) is 0 Å². The second-order valence-corrected chi connectivity index (χ2v) is 9.83. The maximum Gasteiger partial charge on any atom is 0.144 e. The fraction of sp³-hybridized carbons (Fsp3) is 0.276. The van der Waals surface area contributed by atoms with E-state index >= 15 is 0 Å². The number of rotatable bonds is 1. The summed E-state index contributed by atoms with van der Waals surface area (Å²) in [6.45, 7) is 3.64. The summed E-state index contributed by atoms with van der Waals surface area (Å²) in [5.41, 5.74) is 5.30. The average Bonchev–Trinajstić information content (AvgIpc) is 3.23. The Bertz CT molecular complexity index is 1800. The zero-order valence-corrected chi connectivity index (χ0v) is 18.9. The van der Waals surface area contributed by atoms with E-state index in [2.05, 4.69) is 48.7 Å². The van der Waals surface area contributed by atoms with Gasteiger partial charge in [0.2, 0.25) is 0 Å². The van der Waals surface area contributed by atoms with Crippen molar-refractivity contribution in [2.24, 2.45) is 0 Å². The summed E-state index contributed by atoms with van der Waals surface area (Å²) in [4.78, 5) is 13.3. The van der Waals surface area contributed by atoms with E-state index in [0.717, 1.165) is 33.8 Å². The topological polar surface area (TPSA) is 51.8 Å². The van der Waals surface area contributed by atoms with Gasteiger partial charge in [-0.1, -0.05) is 39.8 Å². The smallest absolute Gasteiger partial charge is 0.144 e. The number of aromatic nitrogens is 3. The van der Waals surface area contributed by atoms with Crippen LogP contribution in [-0.4, -0.2) is 15.0 Å². The summed E-state index contributed by atoms with van der Waals surface area (Å²) in [5, 5.41) is 1.80. The number of fused-ring (bicyclic) bond motifs is 6. The third-order valence-corrected chi connectivity index (χ3v) is 7.65. The van der Waals surface area contributed by atoms with Gasteiger partial charge in [-0.2, -0.15) is 0 Å². The van der Waals surface area contributed by atoms with Crippen LogP contribution in [0.15, 0.2) is 59.5 Å². The highest BCUT2D eigenvalue weighted by atomic mass is 16.3. The van der Waals surface area contributed by atoms with Crippen LogP contribution in [0.4, 0.5) is 0 Å². The maximum absolute atomic E-state index is 7.95. The van der Waals surface area contributed by atoms with Crippen LogP contribution in [0.3, 0.4) is 0 Å². The molecule has 0 bridgehead atoms. The maximum atomic E-state index is 7.95. The standard InChI is InChI=1S/C29H27N3O/c1-16-10-24(31-13-17(16)2)19-9-7-8-18-21-11-23-20(12-25(21)33-26(18)19)22-14-30-15-32-27(22)29(5,6)28(23,3)4/h7-15H,1-6H3/i1D3,2D3. The van der Waals surface area contributed by atoms with Crippen LogP contribution in [0.2, 0.25) is 0 Å². The summed E-state index contributed by atoms with van der Waals surface area (Å²) in [7, 11) is 0. The Balaban J connectivity index is 1.62. The van der Waals surface area contributed by atoms with E-state index < -0.39 is 13.7 Å². The molecule has 0 N–H and O–H groups in total. The van der Waals surface area contributed by atoms with E-state index in [-0.39, 0.29) is 22.0 Å². The molecule has 164 valence electrons. The molecular formula is C29H27N3O. The number of benzene rings is 2. The van der Waals surface area contributed by atoms with Gasteiger partial charge in [0, 0.05) is 53.3 Å². The molecular weight excluding hydrogens is 406 g/mol. The van der Waals surface area contributed by atoms with Crippen LogP contribution in [-0.2, 0) is 10.8 Å². The van der Waals surface area contributed by atoms with Gasteiger partial charge in [-0.05, 0) is 60.2 Å². The van der Waals surface area contributed by atoms with Crippen LogP contribution in [0, 0.1) is 13.7 Å². The van der Waals surface area contributed by atoms with Crippen molar-refractivity contribution in [1.82, 2.24) is 15.0 Å². The summed E-state index contributed by atoms with van der Waals surface area (Å²) in [6.07, 6.45) is 4.59. The first-order valence-corrected chi connectivity index (χ1v) is 10.9. The molecule has 33 heavy (non-hydrogen) atoms. The second-order valence-electron chi connectivity index (χ2n) is 9.83. The summed E-state index contributed by atoms with van der Waals surface area (Å²) in [5.74, 6) is 0. The average molecular weight is 440 g/mol. The van der Waals surface area contributed by atoms with Crippen molar-refractivity contribution in [3.63, 3.8) is 0 Å². The highest BCUT2D eigenvalue weighted by molar-refractivity contribution is 6.10. The Morgan fingerprint density at radius 3 is 2.48 bits per heavy atom. The fourth-order valence-corrected chi connectivity index (χ4v) is 5.05. The lowest BCUT2D eigenvalue weighted by atomic mass is 9.57. The van der Waals surface area contributed by atoms with Crippen LogP contribution in [0.25, 0.3) is 44.3 Å². The Hall–Kier alpha value is -3.53. The SMILES string of the molecule is [2H]C([2H])([2H])c1cnc(-c2cccc3c2oc2cc4c(cc23)C(C)(C)C(C)(C)c2ncncc2-4)cc1C([2H])([2H])[2H]. The normalized spacial score (nSPS) is 19.5. The Kier molecular flexibility index (Phi) is 2.87. The molecule has 4 heteroatoms. The van der Waals surface area contributed by atoms with Crippen molar-refractivity contribution in [3.8, 4) is 22.4 Å². The van der Waals surface area contributed by atoms with E-state index in [0.29, 0.717) is 22.4 Å². The molecule has 6 rings (SSSR count). The van der Waals surface area contributed by atoms with Gasteiger partial charge >= 0.3 is 0 Å². The second kappa shape index (κ2) is 6.50. The van der Waals surface area contributed by atoms with E-state index in [1.165, 1.54) is 11.6 Å². The van der Waals surface area contributed by atoms with Gasteiger partial charge in [-0.15, -0.1) is 0 Å². The molecule has 0 unspecified atom stereocenters. The predicted molar refractivity (Wildman–Crippen MR) is 134 cm³/mol. The first kappa shape index (κ1) is 14.6. The molecule has 0 saturated carbocycles. The number of para-hydroxylation sites is 1. The van der Waals surface area contributed by atoms with Crippen molar-refractivity contribution in [2.45, 2.75) is 52.2 Å². The van der Waals surface area contributed by atoms with E-state index in [1.54, 1.807) is 12.4 Å². The van der Waals surface area contributed by atoms with Gasteiger partial charge in [-0.3, -0.25) is 4.98 Å². The molecule has 0 spiro atoms. The minimum Gasteiger partial charge on any atom is -0.455 e. The summed E-state index contributed by atoms with van der Waals surface area (Å²) in [6, 6.07) is 11.2. The molecule has 0 aliphatic heterocycles. The zero-order valence-electron chi connectivity index (χ0n) is 24.9. The number of furan rings is 1. The molecule has 0 saturated heterocycles. The molecule has 3 aromatic heterocycles. The number of nitrogens with zero attached hydrogens (tertiary/aromatic N) is 3. The number of aryl methyl sites for hydroxylation is 2.